The number of hydrogen-bond donors (Lipinski definition) is 1. The Labute approximate surface area is 134 Å². The van der Waals surface area contributed by atoms with Crippen molar-refractivity contribution < 1.29 is 9.90 Å². The monoisotopic (exact) mass is 319 g/mol. The highest BCUT2D eigenvalue weighted by Gasteiger charge is 2.33. The second-order valence-corrected chi connectivity index (χ2v) is 6.20. The van der Waals surface area contributed by atoms with Crippen molar-refractivity contribution in [1.82, 2.24) is 14.7 Å². The molecule has 0 spiro atoms. The molecule has 2 heterocycles. The van der Waals surface area contributed by atoms with Gasteiger partial charge in [-0.25, -0.2) is 4.68 Å². The lowest BCUT2D eigenvalue weighted by Crippen LogP contribution is -2.49. The van der Waals surface area contributed by atoms with Gasteiger partial charge in [0.05, 0.1) is 17.3 Å². The average molecular weight is 320 g/mol. The van der Waals surface area contributed by atoms with Crippen LogP contribution in [0, 0.1) is 19.8 Å². The van der Waals surface area contributed by atoms with Crippen LogP contribution in [0.5, 0.6) is 0 Å². The fourth-order valence-corrected chi connectivity index (χ4v) is 2.94. The summed E-state index contributed by atoms with van der Waals surface area (Å²) in [6.07, 6.45) is 0. The van der Waals surface area contributed by atoms with E-state index in [1.54, 1.807) is 0 Å². The summed E-state index contributed by atoms with van der Waals surface area (Å²) in [6, 6.07) is 7.57. The summed E-state index contributed by atoms with van der Waals surface area (Å²) in [5.74, 6) is -0.937. The molecule has 5 nitrogen and oxygen atoms in total. The molecule has 0 radical (unpaired) electrons. The first-order chi connectivity index (χ1) is 10.5. The molecule has 1 fully saturated rings. The third-order valence-electron chi connectivity index (χ3n) is 4.20. The van der Waals surface area contributed by atoms with Crippen molar-refractivity contribution in [3.8, 4) is 5.69 Å². The SMILES string of the molecule is Cc1nn(-c2ccc(Cl)cc2)c(C)c1CN1CC(C(=O)O)C1. The third-order valence-corrected chi connectivity index (χ3v) is 4.45. The van der Waals surface area contributed by atoms with Gasteiger partial charge >= 0.3 is 5.97 Å². The van der Waals surface area contributed by atoms with Crippen LogP contribution in [-0.2, 0) is 11.3 Å². The molecule has 116 valence electrons. The summed E-state index contributed by atoms with van der Waals surface area (Å²) in [7, 11) is 0. The molecule has 2 aromatic rings. The zero-order valence-electron chi connectivity index (χ0n) is 12.6. The third kappa shape index (κ3) is 2.74. The first-order valence-corrected chi connectivity index (χ1v) is 7.59. The van der Waals surface area contributed by atoms with E-state index in [0.29, 0.717) is 18.1 Å². The highest BCUT2D eigenvalue weighted by molar-refractivity contribution is 6.30. The van der Waals surface area contributed by atoms with Crippen LogP contribution >= 0.6 is 11.6 Å². The quantitative estimate of drug-likeness (QED) is 0.941. The van der Waals surface area contributed by atoms with Crippen molar-refractivity contribution in [3.05, 3.63) is 46.2 Å². The first-order valence-electron chi connectivity index (χ1n) is 7.22. The largest absolute Gasteiger partial charge is 0.481 e. The Morgan fingerprint density at radius 3 is 2.55 bits per heavy atom. The molecule has 0 bridgehead atoms. The predicted molar refractivity (Wildman–Crippen MR) is 84.5 cm³/mol. The Balaban J connectivity index is 1.79. The number of carboxylic acids is 1. The van der Waals surface area contributed by atoms with Gasteiger partial charge in [0.25, 0.3) is 0 Å². The number of aromatic nitrogens is 2. The van der Waals surface area contributed by atoms with Crippen molar-refractivity contribution in [2.75, 3.05) is 13.1 Å². The molecule has 0 aliphatic carbocycles. The number of rotatable bonds is 4. The number of aryl methyl sites for hydroxylation is 1. The van der Waals surface area contributed by atoms with Crippen molar-refractivity contribution in [2.45, 2.75) is 20.4 Å². The summed E-state index contributed by atoms with van der Waals surface area (Å²) in [5, 5.41) is 14.3. The Morgan fingerprint density at radius 2 is 1.95 bits per heavy atom. The van der Waals surface area contributed by atoms with Crippen LogP contribution < -0.4 is 0 Å². The molecule has 3 rings (SSSR count). The van der Waals surface area contributed by atoms with E-state index in [-0.39, 0.29) is 5.92 Å². The zero-order valence-corrected chi connectivity index (χ0v) is 13.3. The summed E-state index contributed by atoms with van der Waals surface area (Å²) in [4.78, 5) is 13.0. The van der Waals surface area contributed by atoms with Crippen LogP contribution in [0.1, 0.15) is 17.0 Å². The molecule has 1 aromatic heterocycles. The van der Waals surface area contributed by atoms with E-state index >= 15 is 0 Å². The predicted octanol–water partition coefficient (Wildman–Crippen LogP) is 2.66. The van der Waals surface area contributed by atoms with Gasteiger partial charge in [-0.05, 0) is 38.1 Å². The summed E-state index contributed by atoms with van der Waals surface area (Å²) in [5.41, 5.74) is 4.20. The van der Waals surface area contributed by atoms with Crippen LogP contribution in [0.4, 0.5) is 0 Å². The second-order valence-electron chi connectivity index (χ2n) is 5.77. The number of hydrogen-bond acceptors (Lipinski definition) is 3. The molecule has 1 aromatic carbocycles. The van der Waals surface area contributed by atoms with E-state index in [0.717, 1.165) is 23.6 Å². The Kier molecular flexibility index (Phi) is 3.93. The molecule has 0 amide bonds. The van der Waals surface area contributed by atoms with E-state index in [9.17, 15) is 4.79 Å². The minimum atomic E-state index is -0.707. The van der Waals surface area contributed by atoms with Gasteiger partial charge in [-0.15, -0.1) is 0 Å². The van der Waals surface area contributed by atoms with Crippen LogP contribution in [-0.4, -0.2) is 38.8 Å². The van der Waals surface area contributed by atoms with Crippen molar-refractivity contribution in [1.29, 1.82) is 0 Å². The Hall–Kier alpha value is -1.85. The molecule has 0 atom stereocenters. The smallest absolute Gasteiger partial charge is 0.309 e. The lowest BCUT2D eigenvalue weighted by Gasteiger charge is -2.36. The second kappa shape index (κ2) is 5.74. The molecule has 1 saturated heterocycles. The molecule has 6 heteroatoms. The molecular formula is C16H18ClN3O2. The van der Waals surface area contributed by atoms with Crippen LogP contribution in [0.25, 0.3) is 5.69 Å². The highest BCUT2D eigenvalue weighted by Crippen LogP contribution is 2.24. The van der Waals surface area contributed by atoms with Gasteiger partial charge in [0, 0.05) is 35.9 Å². The lowest BCUT2D eigenvalue weighted by atomic mass is 9.99. The maximum Gasteiger partial charge on any atom is 0.309 e. The van der Waals surface area contributed by atoms with Gasteiger partial charge in [-0.3, -0.25) is 9.69 Å². The van der Waals surface area contributed by atoms with E-state index in [4.69, 9.17) is 16.7 Å². The summed E-state index contributed by atoms with van der Waals surface area (Å²) >= 11 is 5.93. The Bertz CT molecular complexity index is 703. The molecule has 1 N–H and O–H groups in total. The van der Waals surface area contributed by atoms with Gasteiger partial charge in [0.1, 0.15) is 0 Å². The Morgan fingerprint density at radius 1 is 1.32 bits per heavy atom. The van der Waals surface area contributed by atoms with E-state index in [1.165, 1.54) is 5.56 Å². The number of nitrogens with zero attached hydrogens (tertiary/aromatic N) is 3. The van der Waals surface area contributed by atoms with Crippen molar-refractivity contribution >= 4 is 17.6 Å². The fraction of sp³-hybridized carbons (Fsp3) is 0.375. The number of benzene rings is 1. The average Bonchev–Trinajstić information content (AvgIpc) is 2.70. The zero-order chi connectivity index (χ0) is 15.9. The number of aliphatic carboxylic acids is 1. The van der Waals surface area contributed by atoms with Gasteiger partial charge in [-0.1, -0.05) is 11.6 Å². The number of likely N-dealkylation sites (tertiary alicyclic amines) is 1. The number of halogens is 1. The molecule has 0 unspecified atom stereocenters. The van der Waals surface area contributed by atoms with E-state index < -0.39 is 5.97 Å². The minimum absolute atomic E-state index is 0.230. The van der Waals surface area contributed by atoms with Gasteiger partial charge in [-0.2, -0.15) is 5.10 Å². The maximum atomic E-state index is 10.9. The maximum absolute atomic E-state index is 10.9. The van der Waals surface area contributed by atoms with Crippen molar-refractivity contribution in [3.63, 3.8) is 0 Å². The lowest BCUT2D eigenvalue weighted by molar-refractivity contribution is -0.147. The van der Waals surface area contributed by atoms with Gasteiger partial charge in [0.2, 0.25) is 0 Å². The van der Waals surface area contributed by atoms with Crippen LogP contribution in [0.2, 0.25) is 5.02 Å². The van der Waals surface area contributed by atoms with E-state index in [1.807, 2.05) is 42.8 Å². The fourth-order valence-electron chi connectivity index (χ4n) is 2.82. The molecule has 1 aliphatic heterocycles. The number of carbonyl (C=O) groups is 1. The van der Waals surface area contributed by atoms with Gasteiger partial charge in [0.15, 0.2) is 0 Å². The standard InChI is InChI=1S/C16H18ClN3O2/c1-10-15(9-19-7-12(8-19)16(21)22)11(2)20(18-10)14-5-3-13(17)4-6-14/h3-6,12H,7-9H2,1-2H3,(H,21,22). The normalized spacial score (nSPS) is 15.8. The van der Waals surface area contributed by atoms with Crippen molar-refractivity contribution in [2.24, 2.45) is 5.92 Å². The minimum Gasteiger partial charge on any atom is -0.481 e. The first kappa shape index (κ1) is 15.1. The summed E-state index contributed by atoms with van der Waals surface area (Å²) in [6.45, 7) is 6.00. The summed E-state index contributed by atoms with van der Waals surface area (Å²) < 4.78 is 1.91. The molecule has 22 heavy (non-hydrogen) atoms. The number of carboxylic acid groups (broad SMARTS) is 1. The van der Waals surface area contributed by atoms with Gasteiger partial charge < -0.3 is 5.11 Å². The highest BCUT2D eigenvalue weighted by atomic mass is 35.5. The van der Waals surface area contributed by atoms with E-state index in [2.05, 4.69) is 10.00 Å². The van der Waals surface area contributed by atoms with Crippen LogP contribution in [0.15, 0.2) is 24.3 Å². The molecular weight excluding hydrogens is 302 g/mol. The molecule has 0 saturated carbocycles. The van der Waals surface area contributed by atoms with Crippen LogP contribution in [0.3, 0.4) is 0 Å². The molecule has 1 aliphatic rings. The topological polar surface area (TPSA) is 58.4 Å².